The van der Waals surface area contributed by atoms with Crippen molar-refractivity contribution in [2.75, 3.05) is 20.2 Å². The van der Waals surface area contributed by atoms with Crippen molar-refractivity contribution in [2.45, 2.75) is 57.9 Å². The summed E-state index contributed by atoms with van der Waals surface area (Å²) in [4.78, 5) is 14.0. The van der Waals surface area contributed by atoms with Crippen molar-refractivity contribution >= 4 is 6.09 Å². The maximum absolute atomic E-state index is 12.3. The lowest BCUT2D eigenvalue weighted by atomic mass is 10.1. The van der Waals surface area contributed by atoms with Crippen molar-refractivity contribution in [3.05, 3.63) is 35.9 Å². The maximum Gasteiger partial charge on any atom is 0.410 e. The van der Waals surface area contributed by atoms with Crippen molar-refractivity contribution in [3.63, 3.8) is 0 Å². The van der Waals surface area contributed by atoms with E-state index in [1.54, 1.807) is 12.0 Å². The highest BCUT2D eigenvalue weighted by molar-refractivity contribution is 5.68. The third-order valence-electron chi connectivity index (χ3n) is 4.10. The van der Waals surface area contributed by atoms with Gasteiger partial charge in [0.1, 0.15) is 5.60 Å². The maximum atomic E-state index is 12.3. The summed E-state index contributed by atoms with van der Waals surface area (Å²) in [6.07, 6.45) is 0.653. The van der Waals surface area contributed by atoms with Crippen LogP contribution >= 0.6 is 0 Å². The van der Waals surface area contributed by atoms with E-state index in [0.29, 0.717) is 19.1 Å². The van der Waals surface area contributed by atoms with E-state index in [1.807, 2.05) is 26.8 Å². The van der Waals surface area contributed by atoms with Gasteiger partial charge in [-0.25, -0.2) is 4.79 Å². The Morgan fingerprint density at radius 3 is 2.54 bits per heavy atom. The molecule has 2 rings (SSSR count). The summed E-state index contributed by atoms with van der Waals surface area (Å²) in [7, 11) is 1.69. The van der Waals surface area contributed by atoms with Gasteiger partial charge in [0.05, 0.1) is 18.7 Å². The Morgan fingerprint density at radius 2 is 1.96 bits per heavy atom. The Balaban J connectivity index is 1.91. The van der Waals surface area contributed by atoms with Crippen LogP contribution < -0.4 is 5.32 Å². The third-order valence-corrected chi connectivity index (χ3v) is 4.10. The van der Waals surface area contributed by atoms with Crippen LogP contribution in [-0.2, 0) is 15.9 Å². The third kappa shape index (κ3) is 5.49. The largest absolute Gasteiger partial charge is 0.444 e. The Labute approximate surface area is 145 Å². The Kier molecular flexibility index (Phi) is 6.24. The summed E-state index contributed by atoms with van der Waals surface area (Å²) in [6, 6.07) is 10.8. The van der Waals surface area contributed by atoms with Crippen LogP contribution in [0, 0.1) is 0 Å². The number of benzene rings is 1. The van der Waals surface area contributed by atoms with E-state index in [2.05, 4.69) is 36.5 Å². The lowest BCUT2D eigenvalue weighted by Crippen LogP contribution is -2.45. The van der Waals surface area contributed by atoms with E-state index in [1.165, 1.54) is 5.56 Å². The molecule has 0 spiro atoms. The van der Waals surface area contributed by atoms with Crippen LogP contribution in [-0.4, -0.2) is 55.0 Å². The smallest absolute Gasteiger partial charge is 0.410 e. The Bertz CT molecular complexity index is 527. The van der Waals surface area contributed by atoms with Crippen LogP contribution in [0.5, 0.6) is 0 Å². The number of nitrogens with zero attached hydrogens (tertiary/aromatic N) is 1. The number of methoxy groups -OCH3 is 1. The van der Waals surface area contributed by atoms with Crippen LogP contribution in [0.1, 0.15) is 33.3 Å². The molecule has 24 heavy (non-hydrogen) atoms. The monoisotopic (exact) mass is 334 g/mol. The van der Waals surface area contributed by atoms with Crippen LogP contribution in [0.25, 0.3) is 0 Å². The van der Waals surface area contributed by atoms with Gasteiger partial charge < -0.3 is 19.7 Å². The van der Waals surface area contributed by atoms with Gasteiger partial charge in [0.15, 0.2) is 0 Å². The molecule has 5 nitrogen and oxygen atoms in total. The first-order chi connectivity index (χ1) is 11.3. The molecule has 1 fully saturated rings. The first kappa shape index (κ1) is 18.7. The number of likely N-dealkylation sites (tertiary alicyclic amines) is 1. The molecule has 0 aliphatic carbocycles. The molecule has 1 N–H and O–H groups in total. The van der Waals surface area contributed by atoms with Gasteiger partial charge in [-0.3, -0.25) is 0 Å². The molecule has 0 saturated carbocycles. The van der Waals surface area contributed by atoms with Crippen LogP contribution in [0.4, 0.5) is 4.79 Å². The molecule has 0 radical (unpaired) electrons. The van der Waals surface area contributed by atoms with Gasteiger partial charge in [0.2, 0.25) is 0 Å². The number of carbonyl (C=O) groups is 1. The fourth-order valence-electron chi connectivity index (χ4n) is 3.04. The molecule has 2 unspecified atom stereocenters. The number of ether oxygens (including phenoxy) is 2. The lowest BCUT2D eigenvalue weighted by molar-refractivity contribution is 0.0252. The minimum absolute atomic E-state index is 0.0178. The molecule has 1 heterocycles. The normalized spacial score (nSPS) is 22.5. The summed E-state index contributed by atoms with van der Waals surface area (Å²) >= 11 is 0. The second-order valence-electron chi connectivity index (χ2n) is 7.52. The highest BCUT2D eigenvalue weighted by Gasteiger charge is 2.37. The average molecular weight is 334 g/mol. The zero-order chi connectivity index (χ0) is 17.7. The minimum Gasteiger partial charge on any atom is -0.444 e. The molecule has 1 aliphatic heterocycles. The topological polar surface area (TPSA) is 50.8 Å². The van der Waals surface area contributed by atoms with Gasteiger partial charge in [-0.1, -0.05) is 30.3 Å². The van der Waals surface area contributed by atoms with Crippen molar-refractivity contribution in [1.29, 1.82) is 0 Å². The molecule has 5 heteroatoms. The van der Waals surface area contributed by atoms with Gasteiger partial charge in [-0.15, -0.1) is 0 Å². The second-order valence-corrected chi connectivity index (χ2v) is 7.52. The van der Waals surface area contributed by atoms with E-state index < -0.39 is 5.60 Å². The summed E-state index contributed by atoms with van der Waals surface area (Å²) < 4.78 is 11.0. The zero-order valence-electron chi connectivity index (χ0n) is 15.4. The molecule has 1 aromatic rings. The first-order valence-corrected chi connectivity index (χ1v) is 8.59. The fraction of sp³-hybridized carbons (Fsp3) is 0.632. The van der Waals surface area contributed by atoms with Gasteiger partial charge in [-0.2, -0.15) is 0 Å². The summed E-state index contributed by atoms with van der Waals surface area (Å²) in [5.41, 5.74) is 0.819. The van der Waals surface area contributed by atoms with Gasteiger partial charge in [0.25, 0.3) is 0 Å². The average Bonchev–Trinajstić information content (AvgIpc) is 2.89. The summed E-state index contributed by atoms with van der Waals surface area (Å²) in [6.45, 7) is 8.97. The quantitative estimate of drug-likeness (QED) is 0.900. The van der Waals surface area contributed by atoms with E-state index in [9.17, 15) is 4.79 Å². The molecule has 1 aliphatic rings. The van der Waals surface area contributed by atoms with E-state index >= 15 is 0 Å². The highest BCUT2D eigenvalue weighted by Crippen LogP contribution is 2.18. The molecule has 134 valence electrons. The number of nitrogens with one attached hydrogen (secondary N) is 1. The molecular formula is C19H30N2O3. The minimum atomic E-state index is -0.480. The number of hydrogen-bond donors (Lipinski definition) is 1. The summed E-state index contributed by atoms with van der Waals surface area (Å²) in [5.74, 6) is 0. The number of hydrogen-bond acceptors (Lipinski definition) is 4. The summed E-state index contributed by atoms with van der Waals surface area (Å²) in [5, 5.41) is 3.60. The molecule has 0 aromatic heterocycles. The zero-order valence-corrected chi connectivity index (χ0v) is 15.4. The number of carbonyl (C=O) groups excluding carboxylic acids is 1. The molecule has 1 saturated heterocycles. The van der Waals surface area contributed by atoms with Crippen LogP contribution in [0.15, 0.2) is 30.3 Å². The Morgan fingerprint density at radius 1 is 1.29 bits per heavy atom. The highest BCUT2D eigenvalue weighted by atomic mass is 16.6. The molecule has 0 bridgehead atoms. The molecule has 1 amide bonds. The lowest BCUT2D eigenvalue weighted by Gasteiger charge is -2.25. The van der Waals surface area contributed by atoms with Crippen molar-refractivity contribution < 1.29 is 14.3 Å². The van der Waals surface area contributed by atoms with Crippen molar-refractivity contribution in [3.8, 4) is 0 Å². The number of amides is 1. The molecule has 1 aromatic carbocycles. The van der Waals surface area contributed by atoms with Crippen molar-refractivity contribution in [1.82, 2.24) is 10.2 Å². The molecular weight excluding hydrogens is 304 g/mol. The van der Waals surface area contributed by atoms with Gasteiger partial charge in [0, 0.05) is 19.7 Å². The van der Waals surface area contributed by atoms with Crippen LogP contribution in [0.3, 0.4) is 0 Å². The standard InChI is InChI=1S/C19H30N2O3/c1-14(11-15-9-7-6-8-10-15)20-16-12-21(13-17(16)23-5)18(22)24-19(2,3)4/h6-10,14,16-17,20H,11-13H2,1-5H3/t14?,16?,17-/m0/s1. The van der Waals surface area contributed by atoms with E-state index in [4.69, 9.17) is 9.47 Å². The molecule has 3 atom stereocenters. The second kappa shape index (κ2) is 7.99. The Hall–Kier alpha value is -1.59. The number of rotatable bonds is 5. The van der Waals surface area contributed by atoms with E-state index in [-0.39, 0.29) is 18.2 Å². The first-order valence-electron chi connectivity index (χ1n) is 8.59. The predicted octanol–water partition coefficient (Wildman–Crippen LogP) is 2.84. The van der Waals surface area contributed by atoms with Gasteiger partial charge in [-0.05, 0) is 39.7 Å². The van der Waals surface area contributed by atoms with Crippen molar-refractivity contribution in [2.24, 2.45) is 0 Å². The SMILES string of the molecule is CO[C@H]1CN(C(=O)OC(C)(C)C)CC1NC(C)Cc1ccccc1. The van der Waals surface area contributed by atoms with Crippen LogP contribution in [0.2, 0.25) is 0 Å². The fourth-order valence-corrected chi connectivity index (χ4v) is 3.04. The predicted molar refractivity (Wildman–Crippen MR) is 95.1 cm³/mol. The van der Waals surface area contributed by atoms with Gasteiger partial charge >= 0.3 is 6.09 Å². The van der Waals surface area contributed by atoms with E-state index in [0.717, 1.165) is 6.42 Å².